The first kappa shape index (κ1) is 40.8. The van der Waals surface area contributed by atoms with Crippen LogP contribution in [0.25, 0.3) is 22.2 Å². The quantitative estimate of drug-likeness (QED) is 0.159. The standard InChI is InChI=1S/C47H56N4O7S/c1-31(2)51-39-22-14-21-38(33-18-13-20-36(26-33)57-4)42(39)48-45(51)58-37-27-40-41(52)29-47(44(54)49-59(55,56)46(3)23-24-46)28-35(47)19-12-7-5-6-11-17-34(43(53)50(40)30-37)25-32-15-9-8-10-16-32/h8-10,12-16,18-22,26,31,34-35,37,40H,5-7,11,17,23-25,27-30H2,1-4H3,(H,49,54)/b19-12-/t34-,35+,37-,40+,47-/m1/s1. The molecular formula is C47H56N4O7S. The molecular weight excluding hydrogens is 765 g/mol. The molecule has 312 valence electrons. The molecule has 11 nitrogen and oxygen atoms in total. The molecule has 0 radical (unpaired) electrons. The third-order valence-corrected chi connectivity index (χ3v) is 15.3. The van der Waals surface area contributed by atoms with Gasteiger partial charge in [-0.2, -0.15) is 4.98 Å². The first-order valence-electron chi connectivity index (χ1n) is 21.2. The van der Waals surface area contributed by atoms with E-state index in [1.54, 1.807) is 18.9 Å². The van der Waals surface area contributed by atoms with Gasteiger partial charge in [-0.3, -0.25) is 23.7 Å². The largest absolute Gasteiger partial charge is 0.497 e. The Morgan fingerprint density at radius 1 is 1.00 bits per heavy atom. The summed E-state index contributed by atoms with van der Waals surface area (Å²) in [6.45, 7) is 5.97. The van der Waals surface area contributed by atoms with Gasteiger partial charge in [0.25, 0.3) is 6.01 Å². The van der Waals surface area contributed by atoms with Crippen LogP contribution in [0.5, 0.6) is 11.8 Å². The summed E-state index contributed by atoms with van der Waals surface area (Å²) in [6.07, 6.45) is 9.68. The van der Waals surface area contributed by atoms with Gasteiger partial charge in [-0.05, 0) is 101 Å². The Bertz CT molecular complexity index is 2370. The number of ether oxygens (including phenoxy) is 2. The highest BCUT2D eigenvalue weighted by Gasteiger charge is 2.62. The van der Waals surface area contributed by atoms with Crippen LogP contribution in [0.15, 0.2) is 84.9 Å². The van der Waals surface area contributed by atoms with E-state index in [0.29, 0.717) is 38.1 Å². The van der Waals surface area contributed by atoms with E-state index in [4.69, 9.17) is 14.5 Å². The smallest absolute Gasteiger partial charge is 0.297 e. The molecule has 2 saturated carbocycles. The maximum absolute atomic E-state index is 14.9. The van der Waals surface area contributed by atoms with Crippen LogP contribution in [0.2, 0.25) is 0 Å². The fraction of sp³-hybridized carbons (Fsp3) is 0.489. The summed E-state index contributed by atoms with van der Waals surface area (Å²) in [5.41, 5.74) is 3.39. The van der Waals surface area contributed by atoms with Crippen LogP contribution in [0, 0.1) is 17.3 Å². The highest BCUT2D eigenvalue weighted by Crippen LogP contribution is 2.57. The van der Waals surface area contributed by atoms with E-state index in [2.05, 4.69) is 29.2 Å². The van der Waals surface area contributed by atoms with Gasteiger partial charge in [-0.1, -0.05) is 79.6 Å². The highest BCUT2D eigenvalue weighted by molar-refractivity contribution is 7.91. The average Bonchev–Trinajstić information content (AvgIpc) is 4.04. The summed E-state index contributed by atoms with van der Waals surface area (Å²) in [6, 6.07) is 23.4. The minimum Gasteiger partial charge on any atom is -0.497 e. The number of fused-ring (bicyclic) bond motifs is 3. The third-order valence-electron chi connectivity index (χ3n) is 13.1. The number of carbonyl (C=O) groups excluding carboxylic acids is 3. The van der Waals surface area contributed by atoms with E-state index in [0.717, 1.165) is 59.2 Å². The number of nitrogens with one attached hydrogen (secondary N) is 1. The molecule has 3 aromatic carbocycles. The number of methoxy groups -OCH3 is 1. The molecule has 1 N–H and O–H groups in total. The number of benzene rings is 3. The van der Waals surface area contributed by atoms with E-state index in [9.17, 15) is 22.8 Å². The van der Waals surface area contributed by atoms with Gasteiger partial charge in [-0.15, -0.1) is 0 Å². The van der Waals surface area contributed by atoms with Gasteiger partial charge in [0.05, 0.1) is 35.4 Å². The molecule has 2 aliphatic carbocycles. The molecule has 8 rings (SSSR count). The van der Waals surface area contributed by atoms with Crippen molar-refractivity contribution in [1.29, 1.82) is 0 Å². The number of nitrogens with zero attached hydrogens (tertiary/aromatic N) is 3. The molecule has 59 heavy (non-hydrogen) atoms. The number of ketones is 1. The van der Waals surface area contributed by atoms with E-state index in [1.807, 2.05) is 78.9 Å². The monoisotopic (exact) mass is 820 g/mol. The normalized spacial score (nSPS) is 26.4. The maximum Gasteiger partial charge on any atom is 0.297 e. The first-order valence-corrected chi connectivity index (χ1v) is 22.7. The molecule has 0 unspecified atom stereocenters. The van der Waals surface area contributed by atoms with Crippen LogP contribution >= 0.6 is 0 Å². The molecule has 5 atom stereocenters. The van der Waals surface area contributed by atoms with E-state index in [1.165, 1.54) is 0 Å². The average molecular weight is 821 g/mol. The lowest BCUT2D eigenvalue weighted by atomic mass is 9.90. The number of para-hydroxylation sites is 1. The number of allylic oxidation sites excluding steroid dienone is 2. The van der Waals surface area contributed by atoms with Crippen molar-refractivity contribution in [2.45, 2.75) is 114 Å². The second-order valence-corrected chi connectivity index (χ2v) is 19.9. The number of hydrogen-bond acceptors (Lipinski definition) is 8. The Labute approximate surface area is 347 Å². The van der Waals surface area contributed by atoms with E-state index in [-0.39, 0.29) is 49.0 Å². The molecule has 0 spiro atoms. The van der Waals surface area contributed by atoms with Crippen LogP contribution < -0.4 is 14.2 Å². The number of Topliss-reactive ketones (excluding diaryl/α,β-unsaturated/α-hetero) is 1. The van der Waals surface area contributed by atoms with Gasteiger partial charge in [0.1, 0.15) is 17.4 Å². The van der Waals surface area contributed by atoms with Crippen LogP contribution in [0.4, 0.5) is 0 Å². The summed E-state index contributed by atoms with van der Waals surface area (Å²) in [7, 11) is -2.28. The number of imidazole rings is 1. The number of sulfonamides is 1. The summed E-state index contributed by atoms with van der Waals surface area (Å²) in [4.78, 5) is 50.6. The van der Waals surface area contributed by atoms with Crippen LogP contribution in [-0.4, -0.2) is 71.0 Å². The summed E-state index contributed by atoms with van der Waals surface area (Å²) < 4.78 is 42.4. The third kappa shape index (κ3) is 8.17. The zero-order chi connectivity index (χ0) is 41.5. The molecule has 4 aromatic rings. The van der Waals surface area contributed by atoms with Gasteiger partial charge in [-0.25, -0.2) is 8.42 Å². The van der Waals surface area contributed by atoms with Crippen LogP contribution in [0.3, 0.4) is 0 Å². The number of amides is 2. The number of rotatable bonds is 10. The maximum atomic E-state index is 14.9. The van der Waals surface area contributed by atoms with Crippen LogP contribution in [0.1, 0.15) is 96.6 Å². The Morgan fingerprint density at radius 3 is 2.53 bits per heavy atom. The molecule has 2 aliphatic heterocycles. The predicted molar refractivity (Wildman–Crippen MR) is 227 cm³/mol. The lowest BCUT2D eigenvalue weighted by Gasteiger charge is -2.29. The Morgan fingerprint density at radius 2 is 1.78 bits per heavy atom. The minimum absolute atomic E-state index is 0.0201. The summed E-state index contributed by atoms with van der Waals surface area (Å²) in [5.74, 6) is -0.864. The molecule has 1 aromatic heterocycles. The fourth-order valence-corrected chi connectivity index (χ4v) is 10.5. The summed E-state index contributed by atoms with van der Waals surface area (Å²) in [5, 5.41) is 0. The Hall–Kier alpha value is -4.97. The van der Waals surface area contributed by atoms with Crippen molar-refractivity contribution in [3.8, 4) is 22.9 Å². The highest BCUT2D eigenvalue weighted by atomic mass is 32.2. The second kappa shape index (κ2) is 16.2. The zero-order valence-electron chi connectivity index (χ0n) is 34.6. The fourth-order valence-electron chi connectivity index (χ4n) is 9.17. The zero-order valence-corrected chi connectivity index (χ0v) is 35.4. The topological polar surface area (TPSA) is 137 Å². The molecule has 3 fully saturated rings. The molecule has 0 bridgehead atoms. The number of carbonyl (C=O) groups is 3. The molecule has 2 amide bonds. The molecule has 12 heteroatoms. The molecule has 3 heterocycles. The lowest BCUT2D eigenvalue weighted by molar-refractivity contribution is -0.142. The number of aromatic nitrogens is 2. The van der Waals surface area contributed by atoms with Gasteiger partial charge in [0.15, 0.2) is 5.78 Å². The van der Waals surface area contributed by atoms with Crippen molar-refractivity contribution >= 4 is 38.7 Å². The van der Waals surface area contributed by atoms with Gasteiger partial charge >= 0.3 is 0 Å². The van der Waals surface area contributed by atoms with E-state index >= 15 is 0 Å². The summed E-state index contributed by atoms with van der Waals surface area (Å²) >= 11 is 0. The number of hydrogen-bond donors (Lipinski definition) is 1. The van der Waals surface area contributed by atoms with Crippen molar-refractivity contribution in [2.24, 2.45) is 17.3 Å². The van der Waals surface area contributed by atoms with Crippen LogP contribution in [-0.2, 0) is 30.8 Å². The Kier molecular flexibility index (Phi) is 11.2. The Balaban J connectivity index is 1.13. The molecule has 1 saturated heterocycles. The van der Waals surface area contributed by atoms with Gasteiger partial charge in [0, 0.05) is 30.4 Å². The van der Waals surface area contributed by atoms with E-state index < -0.39 is 38.2 Å². The van der Waals surface area contributed by atoms with Crippen molar-refractivity contribution in [2.75, 3.05) is 13.7 Å². The van der Waals surface area contributed by atoms with Crippen molar-refractivity contribution in [1.82, 2.24) is 19.2 Å². The first-order chi connectivity index (χ1) is 28.3. The van der Waals surface area contributed by atoms with Gasteiger partial charge < -0.3 is 14.4 Å². The second-order valence-electron chi connectivity index (χ2n) is 17.7. The van der Waals surface area contributed by atoms with Crippen molar-refractivity contribution < 1.29 is 32.3 Å². The lowest BCUT2D eigenvalue weighted by Crippen LogP contribution is -2.47. The SMILES string of the molecule is COc1cccc(-c2cccc3c2nc(O[C@@H]2C[C@H]4C(=O)C[C@]5(C(=O)NS(=O)(=O)C6(C)CC6)C[C@@H]5/C=C\CCCCC[C@H](Cc5ccccc5)C(=O)N4C2)n3C(C)C)c1. The minimum atomic E-state index is -3.92. The van der Waals surface area contributed by atoms with Crippen molar-refractivity contribution in [3.05, 3.63) is 90.5 Å². The predicted octanol–water partition coefficient (Wildman–Crippen LogP) is 7.98. The van der Waals surface area contributed by atoms with Crippen molar-refractivity contribution in [3.63, 3.8) is 0 Å². The van der Waals surface area contributed by atoms with Gasteiger partial charge in [0.2, 0.25) is 21.8 Å². The molecule has 4 aliphatic rings.